The Hall–Kier alpha value is -3.19. The molecule has 2 fully saturated rings. The van der Waals surface area contributed by atoms with Gasteiger partial charge in [-0.15, -0.1) is 10.2 Å². The van der Waals surface area contributed by atoms with Crippen molar-refractivity contribution in [3.63, 3.8) is 0 Å². The van der Waals surface area contributed by atoms with Gasteiger partial charge in [-0.05, 0) is 87.1 Å². The van der Waals surface area contributed by atoms with Gasteiger partial charge < -0.3 is 20.1 Å². The Labute approximate surface area is 199 Å². The van der Waals surface area contributed by atoms with Gasteiger partial charge in [0, 0.05) is 29.7 Å². The van der Waals surface area contributed by atoms with E-state index in [2.05, 4.69) is 41.3 Å². The molecule has 0 spiro atoms. The summed E-state index contributed by atoms with van der Waals surface area (Å²) >= 11 is 0. The third-order valence-electron chi connectivity index (χ3n) is 7.52. The Morgan fingerprint density at radius 3 is 2.29 bits per heavy atom. The average molecular weight is 463 g/mol. The van der Waals surface area contributed by atoms with Crippen molar-refractivity contribution in [2.24, 2.45) is 0 Å². The number of aromatic nitrogens is 2. The Bertz CT molecular complexity index is 1200. The summed E-state index contributed by atoms with van der Waals surface area (Å²) in [7, 11) is 3.52. The van der Waals surface area contributed by atoms with Crippen LogP contribution in [0.25, 0.3) is 22.4 Å². The highest BCUT2D eigenvalue weighted by Gasteiger charge is 2.49. The third-order valence-corrected chi connectivity index (χ3v) is 7.52. The zero-order chi connectivity index (χ0) is 24.1. The minimum Gasteiger partial charge on any atom is -0.507 e. The number of benzene rings is 2. The van der Waals surface area contributed by atoms with Crippen molar-refractivity contribution in [3.05, 3.63) is 54.3 Å². The van der Waals surface area contributed by atoms with Crippen LogP contribution in [0.4, 0.5) is 10.2 Å². The molecule has 2 aliphatic heterocycles. The molecule has 6 nitrogen and oxygen atoms in total. The highest BCUT2D eigenvalue weighted by atomic mass is 19.1. The molecule has 3 atom stereocenters. The van der Waals surface area contributed by atoms with Crippen LogP contribution in [0.1, 0.15) is 39.5 Å². The molecule has 3 heterocycles. The minimum absolute atomic E-state index is 0.0898. The number of phenolic OH excluding ortho intramolecular Hbond substituents is 1. The van der Waals surface area contributed by atoms with Gasteiger partial charge in [-0.25, -0.2) is 4.39 Å². The van der Waals surface area contributed by atoms with Crippen LogP contribution in [0.3, 0.4) is 0 Å². The van der Waals surface area contributed by atoms with Gasteiger partial charge in [-0.3, -0.25) is 0 Å². The second kappa shape index (κ2) is 8.24. The second-order valence-electron chi connectivity index (χ2n) is 10.3. The molecule has 1 aromatic heterocycles. The Morgan fingerprint density at radius 2 is 1.68 bits per heavy atom. The molecule has 0 aliphatic carbocycles. The first-order valence-corrected chi connectivity index (χ1v) is 11.7. The number of nitrogens with one attached hydrogen (secondary N) is 1. The number of hydrogen-bond donors (Lipinski definition) is 2. The fraction of sp³-hybridized carbons (Fsp3) is 0.407. The number of aromatic hydroxyl groups is 1. The third kappa shape index (κ3) is 4.09. The maximum Gasteiger partial charge on any atom is 0.165 e. The van der Waals surface area contributed by atoms with E-state index >= 15 is 0 Å². The molecule has 5 rings (SSSR count). The number of halogens is 1. The largest absolute Gasteiger partial charge is 0.507 e. The number of ether oxygens (including phenoxy) is 1. The molecular weight excluding hydrogens is 431 g/mol. The molecule has 178 valence electrons. The van der Waals surface area contributed by atoms with E-state index in [-0.39, 0.29) is 22.6 Å². The SMILES string of the molecule is COc1cc(-c2ccc(-c3ccc(N(C)[C@@H]4C[C@]5(C)CC[C@](C)(C4)N5)nn3)c(O)c2)ccc1F. The highest BCUT2D eigenvalue weighted by Crippen LogP contribution is 2.44. The number of fused-ring (bicyclic) bond motifs is 2. The fourth-order valence-corrected chi connectivity index (χ4v) is 5.71. The summed E-state index contributed by atoms with van der Waals surface area (Å²) in [5, 5.41) is 23.4. The zero-order valence-electron chi connectivity index (χ0n) is 20.1. The Kier molecular flexibility index (Phi) is 5.47. The van der Waals surface area contributed by atoms with Gasteiger partial charge in [0.05, 0.1) is 12.8 Å². The van der Waals surface area contributed by atoms with Gasteiger partial charge in [0.1, 0.15) is 5.75 Å². The molecular formula is C27H31FN4O2. The van der Waals surface area contributed by atoms with E-state index in [9.17, 15) is 9.50 Å². The van der Waals surface area contributed by atoms with Crippen LogP contribution in [0, 0.1) is 5.82 Å². The molecule has 0 radical (unpaired) electrons. The number of hydrogen-bond acceptors (Lipinski definition) is 6. The van der Waals surface area contributed by atoms with E-state index in [0.29, 0.717) is 17.3 Å². The lowest BCUT2D eigenvalue weighted by Gasteiger charge is -2.45. The van der Waals surface area contributed by atoms with Crippen LogP contribution in [-0.2, 0) is 0 Å². The van der Waals surface area contributed by atoms with Crippen LogP contribution in [-0.4, -0.2) is 46.6 Å². The number of piperidine rings is 1. The van der Waals surface area contributed by atoms with E-state index in [1.165, 1.54) is 26.0 Å². The molecule has 2 aromatic carbocycles. The van der Waals surface area contributed by atoms with Crippen molar-refractivity contribution in [2.45, 2.75) is 56.7 Å². The smallest absolute Gasteiger partial charge is 0.165 e. The topological polar surface area (TPSA) is 70.5 Å². The first-order valence-electron chi connectivity index (χ1n) is 11.7. The van der Waals surface area contributed by atoms with Crippen molar-refractivity contribution >= 4 is 5.82 Å². The van der Waals surface area contributed by atoms with Crippen molar-refractivity contribution in [1.82, 2.24) is 15.5 Å². The number of methoxy groups -OCH3 is 1. The standard InChI is InChI=1S/C27H31FN4O2/c1-26-11-12-27(2,31-26)16-19(15-26)32(3)25-10-9-22(29-30-25)20-7-5-17(13-23(20)33)18-6-8-21(28)24(14-18)34-4/h5-10,13-14,19,31,33H,11-12,15-16H2,1-4H3/t19-,26+,27-. The van der Waals surface area contributed by atoms with Gasteiger partial charge in [0.15, 0.2) is 17.4 Å². The van der Waals surface area contributed by atoms with E-state index in [4.69, 9.17) is 4.74 Å². The van der Waals surface area contributed by atoms with Gasteiger partial charge in [0.2, 0.25) is 0 Å². The molecule has 34 heavy (non-hydrogen) atoms. The summed E-state index contributed by atoms with van der Waals surface area (Å²) in [6, 6.07) is 14.2. The molecule has 2 saturated heterocycles. The monoisotopic (exact) mass is 462 g/mol. The maximum absolute atomic E-state index is 13.7. The summed E-state index contributed by atoms with van der Waals surface area (Å²) in [6.45, 7) is 4.64. The number of rotatable bonds is 5. The fourth-order valence-electron chi connectivity index (χ4n) is 5.71. The summed E-state index contributed by atoms with van der Waals surface area (Å²) in [4.78, 5) is 2.24. The highest BCUT2D eigenvalue weighted by molar-refractivity contribution is 5.75. The van der Waals surface area contributed by atoms with Gasteiger partial charge in [-0.2, -0.15) is 0 Å². The first-order chi connectivity index (χ1) is 16.2. The van der Waals surface area contributed by atoms with Gasteiger partial charge in [-0.1, -0.05) is 12.1 Å². The van der Waals surface area contributed by atoms with Crippen molar-refractivity contribution in [2.75, 3.05) is 19.1 Å². The molecule has 2 bridgehead atoms. The Morgan fingerprint density at radius 1 is 1.00 bits per heavy atom. The average Bonchev–Trinajstić information content (AvgIpc) is 3.05. The van der Waals surface area contributed by atoms with Crippen molar-refractivity contribution in [3.8, 4) is 33.9 Å². The van der Waals surface area contributed by atoms with Crippen LogP contribution >= 0.6 is 0 Å². The van der Waals surface area contributed by atoms with Crippen molar-refractivity contribution in [1.29, 1.82) is 0 Å². The molecule has 2 N–H and O–H groups in total. The molecule has 3 aromatic rings. The van der Waals surface area contributed by atoms with Crippen LogP contribution in [0.2, 0.25) is 0 Å². The van der Waals surface area contributed by atoms with E-state index in [1.807, 2.05) is 18.2 Å². The molecule has 0 amide bonds. The summed E-state index contributed by atoms with van der Waals surface area (Å²) < 4.78 is 18.8. The normalized spacial score (nSPS) is 25.9. The molecule has 0 saturated carbocycles. The molecule has 0 unspecified atom stereocenters. The lowest BCUT2D eigenvalue weighted by atomic mass is 9.84. The maximum atomic E-state index is 13.7. The van der Waals surface area contributed by atoms with E-state index in [0.717, 1.165) is 29.8 Å². The van der Waals surface area contributed by atoms with Crippen LogP contribution < -0.4 is 15.0 Å². The summed E-state index contributed by atoms with van der Waals surface area (Å²) in [5.74, 6) is 0.660. The van der Waals surface area contributed by atoms with Crippen LogP contribution in [0.15, 0.2) is 48.5 Å². The van der Waals surface area contributed by atoms with Crippen molar-refractivity contribution < 1.29 is 14.2 Å². The Balaban J connectivity index is 1.35. The predicted octanol–water partition coefficient (Wildman–Crippen LogP) is 5.16. The minimum atomic E-state index is -0.423. The molecule has 7 heteroatoms. The second-order valence-corrected chi connectivity index (χ2v) is 10.3. The number of phenols is 1. The number of anilines is 1. The lowest BCUT2D eigenvalue weighted by Crippen LogP contribution is -2.58. The summed E-state index contributed by atoms with van der Waals surface area (Å²) in [6.07, 6.45) is 4.58. The van der Waals surface area contributed by atoms with E-state index in [1.54, 1.807) is 24.3 Å². The quantitative estimate of drug-likeness (QED) is 0.546. The zero-order valence-corrected chi connectivity index (χ0v) is 20.1. The lowest BCUT2D eigenvalue weighted by molar-refractivity contribution is 0.207. The van der Waals surface area contributed by atoms with Crippen LogP contribution in [0.5, 0.6) is 11.5 Å². The van der Waals surface area contributed by atoms with Gasteiger partial charge in [0.25, 0.3) is 0 Å². The summed E-state index contributed by atoms with van der Waals surface area (Å²) in [5.41, 5.74) is 3.07. The van der Waals surface area contributed by atoms with E-state index < -0.39 is 5.82 Å². The predicted molar refractivity (Wildman–Crippen MR) is 132 cm³/mol. The number of nitrogens with zero attached hydrogens (tertiary/aromatic N) is 3. The first kappa shape index (κ1) is 22.6. The molecule has 2 aliphatic rings. The van der Waals surface area contributed by atoms with Gasteiger partial charge >= 0.3 is 0 Å².